The monoisotopic (exact) mass is 239 g/mol. The van der Waals surface area contributed by atoms with E-state index in [2.05, 4.69) is 45.5 Å². The second kappa shape index (κ2) is 4.25. The molecule has 1 N–H and O–H groups in total. The van der Waals surface area contributed by atoms with Crippen molar-refractivity contribution in [1.29, 1.82) is 0 Å². The minimum Gasteiger partial charge on any atom is -0.310 e. The van der Waals surface area contributed by atoms with Crippen molar-refractivity contribution in [1.82, 2.24) is 5.32 Å². The zero-order valence-corrected chi connectivity index (χ0v) is 9.18. The SMILES string of the molecule is Brc1cccc(C2CCCCN2)c1. The fourth-order valence-electron chi connectivity index (χ4n) is 1.86. The summed E-state index contributed by atoms with van der Waals surface area (Å²) in [5.41, 5.74) is 1.41. The van der Waals surface area contributed by atoms with Gasteiger partial charge in [-0.15, -0.1) is 0 Å². The number of piperidine rings is 1. The van der Waals surface area contributed by atoms with Crippen molar-refractivity contribution in [2.24, 2.45) is 0 Å². The van der Waals surface area contributed by atoms with Gasteiger partial charge in [-0.05, 0) is 37.1 Å². The van der Waals surface area contributed by atoms with Gasteiger partial charge in [0.25, 0.3) is 0 Å². The summed E-state index contributed by atoms with van der Waals surface area (Å²) >= 11 is 3.50. The third kappa shape index (κ3) is 2.32. The summed E-state index contributed by atoms with van der Waals surface area (Å²) in [6, 6.07) is 9.17. The van der Waals surface area contributed by atoms with E-state index < -0.39 is 0 Å². The average molecular weight is 240 g/mol. The van der Waals surface area contributed by atoms with Crippen molar-refractivity contribution in [3.63, 3.8) is 0 Å². The molecule has 1 heterocycles. The molecule has 0 amide bonds. The third-order valence-electron chi connectivity index (χ3n) is 2.56. The van der Waals surface area contributed by atoms with Crippen molar-refractivity contribution in [3.05, 3.63) is 34.3 Å². The minimum atomic E-state index is 0.575. The topological polar surface area (TPSA) is 12.0 Å². The zero-order valence-electron chi connectivity index (χ0n) is 7.59. The number of nitrogens with one attached hydrogen (secondary N) is 1. The van der Waals surface area contributed by atoms with Crippen LogP contribution in [0.2, 0.25) is 0 Å². The van der Waals surface area contributed by atoms with Crippen LogP contribution in [0.4, 0.5) is 0 Å². The van der Waals surface area contributed by atoms with Crippen LogP contribution in [0.5, 0.6) is 0 Å². The number of rotatable bonds is 1. The Balaban J connectivity index is 2.14. The van der Waals surface area contributed by atoms with Gasteiger partial charge in [0.15, 0.2) is 0 Å². The first kappa shape index (κ1) is 9.22. The van der Waals surface area contributed by atoms with Crippen LogP contribution < -0.4 is 5.32 Å². The maximum Gasteiger partial charge on any atom is 0.0320 e. The maximum atomic E-state index is 3.54. The second-order valence-electron chi connectivity index (χ2n) is 3.56. The van der Waals surface area contributed by atoms with Crippen molar-refractivity contribution < 1.29 is 0 Å². The van der Waals surface area contributed by atoms with Gasteiger partial charge in [0.2, 0.25) is 0 Å². The summed E-state index contributed by atoms with van der Waals surface area (Å²) in [6.07, 6.45) is 3.95. The lowest BCUT2D eigenvalue weighted by Gasteiger charge is -2.23. The summed E-state index contributed by atoms with van der Waals surface area (Å²) < 4.78 is 1.18. The third-order valence-corrected chi connectivity index (χ3v) is 3.05. The molecule has 1 aliphatic rings. The lowest BCUT2D eigenvalue weighted by atomic mass is 9.98. The predicted molar refractivity (Wildman–Crippen MR) is 58.7 cm³/mol. The molecular formula is C11H14BrN. The lowest BCUT2D eigenvalue weighted by molar-refractivity contribution is 0.412. The molecule has 1 aliphatic heterocycles. The summed E-state index contributed by atoms with van der Waals surface area (Å²) in [5.74, 6) is 0. The fourth-order valence-corrected chi connectivity index (χ4v) is 2.28. The maximum absolute atomic E-state index is 3.54. The molecule has 0 bridgehead atoms. The molecule has 2 rings (SSSR count). The second-order valence-corrected chi connectivity index (χ2v) is 4.47. The molecule has 1 aromatic carbocycles. The zero-order chi connectivity index (χ0) is 9.10. The molecule has 0 spiro atoms. The smallest absolute Gasteiger partial charge is 0.0320 e. The van der Waals surface area contributed by atoms with Gasteiger partial charge in [0.1, 0.15) is 0 Å². The van der Waals surface area contributed by atoms with Gasteiger partial charge in [-0.2, -0.15) is 0 Å². The molecule has 70 valence electrons. The first-order chi connectivity index (χ1) is 6.36. The van der Waals surface area contributed by atoms with Gasteiger partial charge in [0, 0.05) is 10.5 Å². The van der Waals surface area contributed by atoms with E-state index in [4.69, 9.17) is 0 Å². The number of hydrogen-bond donors (Lipinski definition) is 1. The van der Waals surface area contributed by atoms with E-state index in [0.29, 0.717) is 6.04 Å². The summed E-state index contributed by atoms with van der Waals surface area (Å²) in [5, 5.41) is 3.54. The van der Waals surface area contributed by atoms with Crippen LogP contribution in [0.15, 0.2) is 28.7 Å². The fraction of sp³-hybridized carbons (Fsp3) is 0.455. The van der Waals surface area contributed by atoms with Crippen LogP contribution in [0, 0.1) is 0 Å². The van der Waals surface area contributed by atoms with Crippen molar-refractivity contribution in [2.45, 2.75) is 25.3 Å². The molecule has 0 aromatic heterocycles. The van der Waals surface area contributed by atoms with E-state index in [0.717, 1.165) is 6.54 Å². The van der Waals surface area contributed by atoms with Crippen LogP contribution in [-0.4, -0.2) is 6.54 Å². The van der Waals surface area contributed by atoms with E-state index in [-0.39, 0.29) is 0 Å². The highest BCUT2D eigenvalue weighted by atomic mass is 79.9. The van der Waals surface area contributed by atoms with Gasteiger partial charge >= 0.3 is 0 Å². The Morgan fingerprint density at radius 2 is 2.23 bits per heavy atom. The Hall–Kier alpha value is -0.340. The van der Waals surface area contributed by atoms with Gasteiger partial charge in [-0.3, -0.25) is 0 Å². The van der Waals surface area contributed by atoms with Crippen LogP contribution >= 0.6 is 15.9 Å². The van der Waals surface area contributed by atoms with E-state index in [1.165, 1.54) is 29.3 Å². The molecule has 0 saturated carbocycles. The molecule has 1 aromatic rings. The quantitative estimate of drug-likeness (QED) is 0.794. The minimum absolute atomic E-state index is 0.575. The van der Waals surface area contributed by atoms with Crippen LogP contribution in [-0.2, 0) is 0 Å². The molecule has 0 aliphatic carbocycles. The first-order valence-electron chi connectivity index (χ1n) is 4.85. The van der Waals surface area contributed by atoms with E-state index >= 15 is 0 Å². The van der Waals surface area contributed by atoms with E-state index in [1.54, 1.807) is 0 Å². The van der Waals surface area contributed by atoms with Crippen molar-refractivity contribution >= 4 is 15.9 Å². The van der Waals surface area contributed by atoms with Gasteiger partial charge in [-0.1, -0.05) is 34.5 Å². The summed E-state index contributed by atoms with van der Waals surface area (Å²) in [7, 11) is 0. The number of hydrogen-bond acceptors (Lipinski definition) is 1. The lowest BCUT2D eigenvalue weighted by Crippen LogP contribution is -2.26. The Morgan fingerprint density at radius 1 is 1.31 bits per heavy atom. The Labute approximate surface area is 87.7 Å². The molecule has 1 fully saturated rings. The predicted octanol–water partition coefficient (Wildman–Crippen LogP) is 3.26. The Morgan fingerprint density at radius 3 is 2.92 bits per heavy atom. The number of benzene rings is 1. The molecule has 1 atom stereocenters. The van der Waals surface area contributed by atoms with Gasteiger partial charge < -0.3 is 5.32 Å². The standard InChI is InChI=1S/C11H14BrN/c12-10-5-3-4-9(8-10)11-6-1-2-7-13-11/h3-5,8,11,13H,1-2,6-7H2. The average Bonchev–Trinajstić information content (AvgIpc) is 2.19. The molecular weight excluding hydrogens is 226 g/mol. The number of halogens is 1. The largest absolute Gasteiger partial charge is 0.310 e. The van der Waals surface area contributed by atoms with Crippen LogP contribution in [0.25, 0.3) is 0 Å². The Kier molecular flexibility index (Phi) is 3.01. The van der Waals surface area contributed by atoms with E-state index in [1.807, 2.05) is 0 Å². The highest BCUT2D eigenvalue weighted by Gasteiger charge is 2.13. The molecule has 1 unspecified atom stereocenters. The highest BCUT2D eigenvalue weighted by molar-refractivity contribution is 9.10. The van der Waals surface area contributed by atoms with Crippen molar-refractivity contribution in [2.75, 3.05) is 6.54 Å². The highest BCUT2D eigenvalue weighted by Crippen LogP contribution is 2.24. The first-order valence-corrected chi connectivity index (χ1v) is 5.64. The normalized spacial score (nSPS) is 23.0. The van der Waals surface area contributed by atoms with Crippen molar-refractivity contribution in [3.8, 4) is 0 Å². The molecule has 2 heteroatoms. The van der Waals surface area contributed by atoms with Gasteiger partial charge in [0.05, 0.1) is 0 Å². The summed E-state index contributed by atoms with van der Waals surface area (Å²) in [6.45, 7) is 1.16. The summed E-state index contributed by atoms with van der Waals surface area (Å²) in [4.78, 5) is 0. The Bertz CT molecular complexity index is 279. The molecule has 1 nitrogen and oxygen atoms in total. The van der Waals surface area contributed by atoms with Gasteiger partial charge in [-0.25, -0.2) is 0 Å². The molecule has 13 heavy (non-hydrogen) atoms. The van der Waals surface area contributed by atoms with E-state index in [9.17, 15) is 0 Å². The molecule has 0 radical (unpaired) electrons. The van der Waals surface area contributed by atoms with Crippen LogP contribution in [0.3, 0.4) is 0 Å². The molecule has 1 saturated heterocycles. The van der Waals surface area contributed by atoms with Crippen LogP contribution in [0.1, 0.15) is 30.9 Å².